The van der Waals surface area contributed by atoms with Crippen LogP contribution in [-0.4, -0.2) is 11.7 Å². The number of fused-ring (bicyclic) bond motifs is 2. The van der Waals surface area contributed by atoms with Gasteiger partial charge in [0.2, 0.25) is 0 Å². The minimum absolute atomic E-state index is 0.718. The largest absolute Gasteiger partial charge is 0.497 e. The highest BCUT2D eigenvalue weighted by molar-refractivity contribution is 6.02. The van der Waals surface area contributed by atoms with Crippen LogP contribution in [0.3, 0.4) is 0 Å². The number of benzene rings is 3. The van der Waals surface area contributed by atoms with E-state index in [1.807, 2.05) is 30.3 Å². The van der Waals surface area contributed by atoms with Crippen molar-refractivity contribution in [3.05, 3.63) is 66.2 Å². The number of methoxy groups -OCH3 is 1. The molecule has 0 saturated heterocycles. The molecule has 1 aromatic heterocycles. The van der Waals surface area contributed by atoms with Crippen molar-refractivity contribution in [3.63, 3.8) is 0 Å². The average Bonchev–Trinajstić information content (AvgIpc) is 2.99. The molecule has 4 rings (SSSR count). The number of ether oxygens (including phenoxy) is 1. The third kappa shape index (κ3) is 2.27. The summed E-state index contributed by atoms with van der Waals surface area (Å²) in [7, 11) is 1.66. The fourth-order valence-electron chi connectivity index (χ4n) is 3.61. The minimum Gasteiger partial charge on any atom is -0.497 e. The molecule has 3 nitrogen and oxygen atoms in total. The smallest absolute Gasteiger partial charge is 0.120 e. The maximum atomic E-state index is 9.89. The minimum atomic E-state index is 0.718. The number of aromatic nitrogens is 1. The number of rotatable bonds is 3. The van der Waals surface area contributed by atoms with Gasteiger partial charge in [0.05, 0.1) is 23.9 Å². The maximum Gasteiger partial charge on any atom is 0.120 e. The summed E-state index contributed by atoms with van der Waals surface area (Å²) in [5, 5.41) is 13.2. The quantitative estimate of drug-likeness (QED) is 0.508. The van der Waals surface area contributed by atoms with Gasteiger partial charge in [0.15, 0.2) is 0 Å². The van der Waals surface area contributed by atoms with Crippen LogP contribution in [0.5, 0.6) is 5.75 Å². The Morgan fingerprint density at radius 2 is 1.80 bits per heavy atom. The van der Waals surface area contributed by atoms with Gasteiger partial charge in [-0.3, -0.25) is 0 Å². The van der Waals surface area contributed by atoms with Gasteiger partial charge >= 0.3 is 0 Å². The Balaban J connectivity index is 2.15. The van der Waals surface area contributed by atoms with E-state index in [2.05, 4.69) is 47.9 Å². The standard InChI is InChI=1S/C22H18N2O/c1-3-24-21-13-16(25-2)11-12-18(21)20(14-23)22(24)19-10-6-8-15-7-4-5-9-17(15)19/h4-13H,3H2,1-2H3. The van der Waals surface area contributed by atoms with Gasteiger partial charge in [-0.25, -0.2) is 0 Å². The van der Waals surface area contributed by atoms with Gasteiger partial charge in [0.25, 0.3) is 0 Å². The molecular formula is C22H18N2O. The molecule has 3 heteroatoms. The van der Waals surface area contributed by atoms with Gasteiger partial charge in [-0.1, -0.05) is 42.5 Å². The van der Waals surface area contributed by atoms with Gasteiger partial charge in [0.1, 0.15) is 11.8 Å². The van der Waals surface area contributed by atoms with Crippen LogP contribution in [0.15, 0.2) is 60.7 Å². The van der Waals surface area contributed by atoms with Crippen molar-refractivity contribution < 1.29 is 4.74 Å². The molecule has 0 bridgehead atoms. The first-order chi connectivity index (χ1) is 12.3. The molecule has 25 heavy (non-hydrogen) atoms. The first-order valence-electron chi connectivity index (χ1n) is 8.37. The van der Waals surface area contributed by atoms with Crippen LogP contribution >= 0.6 is 0 Å². The summed E-state index contributed by atoms with van der Waals surface area (Å²) in [5.41, 5.74) is 3.81. The fourth-order valence-corrected chi connectivity index (χ4v) is 3.61. The van der Waals surface area contributed by atoms with Crippen LogP contribution < -0.4 is 4.74 Å². The molecule has 122 valence electrons. The Labute approximate surface area is 146 Å². The Morgan fingerprint density at radius 1 is 1.00 bits per heavy atom. The summed E-state index contributed by atoms with van der Waals surface area (Å²) in [6, 6.07) is 22.9. The van der Waals surface area contributed by atoms with Crippen LogP contribution in [0.2, 0.25) is 0 Å². The molecule has 0 fully saturated rings. The van der Waals surface area contributed by atoms with Crippen molar-refractivity contribution in [2.75, 3.05) is 7.11 Å². The van der Waals surface area contributed by atoms with E-state index >= 15 is 0 Å². The average molecular weight is 326 g/mol. The van der Waals surface area contributed by atoms with E-state index in [-0.39, 0.29) is 0 Å². The Morgan fingerprint density at radius 3 is 2.56 bits per heavy atom. The van der Waals surface area contributed by atoms with Crippen molar-refractivity contribution in [1.29, 1.82) is 5.26 Å². The Kier molecular flexibility index (Phi) is 3.66. The van der Waals surface area contributed by atoms with Gasteiger partial charge in [0, 0.05) is 23.6 Å². The van der Waals surface area contributed by atoms with E-state index in [1.165, 1.54) is 5.39 Å². The summed E-state index contributed by atoms with van der Waals surface area (Å²) in [6.07, 6.45) is 0. The summed E-state index contributed by atoms with van der Waals surface area (Å²) in [5.74, 6) is 0.800. The van der Waals surface area contributed by atoms with Gasteiger partial charge in [-0.2, -0.15) is 5.26 Å². The van der Waals surface area contributed by atoms with E-state index in [0.717, 1.165) is 45.4 Å². The van der Waals surface area contributed by atoms with E-state index in [1.54, 1.807) is 7.11 Å². The van der Waals surface area contributed by atoms with Crippen LogP contribution in [-0.2, 0) is 6.54 Å². The molecule has 1 heterocycles. The third-order valence-electron chi connectivity index (χ3n) is 4.74. The highest BCUT2D eigenvalue weighted by atomic mass is 16.5. The van der Waals surface area contributed by atoms with Gasteiger partial charge in [-0.05, 0) is 29.8 Å². The monoisotopic (exact) mass is 326 g/mol. The molecule has 0 aliphatic carbocycles. The van der Waals surface area contributed by atoms with Crippen LogP contribution in [0.25, 0.3) is 32.9 Å². The molecule has 0 aliphatic heterocycles. The number of hydrogen-bond donors (Lipinski definition) is 0. The molecule has 0 aliphatic rings. The van der Waals surface area contributed by atoms with Gasteiger partial charge in [-0.15, -0.1) is 0 Å². The predicted molar refractivity (Wildman–Crippen MR) is 102 cm³/mol. The summed E-state index contributed by atoms with van der Waals surface area (Å²) in [4.78, 5) is 0. The topological polar surface area (TPSA) is 38.0 Å². The van der Waals surface area contributed by atoms with Crippen LogP contribution in [0.1, 0.15) is 12.5 Å². The first-order valence-corrected chi connectivity index (χ1v) is 8.37. The van der Waals surface area contributed by atoms with Crippen molar-refractivity contribution in [1.82, 2.24) is 4.57 Å². The van der Waals surface area contributed by atoms with Crippen molar-refractivity contribution in [2.24, 2.45) is 0 Å². The van der Waals surface area contributed by atoms with Crippen molar-refractivity contribution in [2.45, 2.75) is 13.5 Å². The Hall–Kier alpha value is -3.25. The number of aryl methyl sites for hydroxylation is 1. The third-order valence-corrected chi connectivity index (χ3v) is 4.74. The first kappa shape index (κ1) is 15.3. The fraction of sp³-hybridized carbons (Fsp3) is 0.136. The highest BCUT2D eigenvalue weighted by Crippen LogP contribution is 2.38. The summed E-state index contributed by atoms with van der Waals surface area (Å²) >= 11 is 0. The normalized spacial score (nSPS) is 10.9. The lowest BCUT2D eigenvalue weighted by Gasteiger charge is -2.11. The number of hydrogen-bond acceptors (Lipinski definition) is 2. The second kappa shape index (κ2) is 5.99. The SMILES string of the molecule is CCn1c(-c2cccc3ccccc23)c(C#N)c2ccc(OC)cc21. The molecule has 0 saturated carbocycles. The molecule has 0 amide bonds. The lowest BCUT2D eigenvalue weighted by atomic mass is 9.99. The molecule has 0 N–H and O–H groups in total. The predicted octanol–water partition coefficient (Wildman–Crippen LogP) is 5.36. The van der Waals surface area contributed by atoms with Gasteiger partial charge < -0.3 is 9.30 Å². The lowest BCUT2D eigenvalue weighted by molar-refractivity contribution is 0.415. The lowest BCUT2D eigenvalue weighted by Crippen LogP contribution is -1.98. The Bertz CT molecular complexity index is 1130. The molecule has 0 spiro atoms. The summed E-state index contributed by atoms with van der Waals surface area (Å²) in [6.45, 7) is 2.89. The van der Waals surface area contributed by atoms with Crippen molar-refractivity contribution in [3.8, 4) is 23.1 Å². The van der Waals surface area contributed by atoms with E-state index in [0.29, 0.717) is 0 Å². The molecule has 0 unspecified atom stereocenters. The highest BCUT2D eigenvalue weighted by Gasteiger charge is 2.19. The second-order valence-corrected chi connectivity index (χ2v) is 5.99. The van der Waals surface area contributed by atoms with E-state index in [9.17, 15) is 5.26 Å². The zero-order valence-corrected chi connectivity index (χ0v) is 14.3. The summed E-state index contributed by atoms with van der Waals surface area (Å²) < 4.78 is 7.59. The molecule has 0 radical (unpaired) electrons. The molecule has 3 aromatic carbocycles. The molecular weight excluding hydrogens is 308 g/mol. The molecule has 4 aromatic rings. The number of nitrogens with zero attached hydrogens (tertiary/aromatic N) is 2. The number of nitriles is 1. The molecule has 0 atom stereocenters. The van der Waals surface area contributed by atoms with Crippen LogP contribution in [0.4, 0.5) is 0 Å². The maximum absolute atomic E-state index is 9.89. The zero-order valence-electron chi connectivity index (χ0n) is 14.3. The van der Waals surface area contributed by atoms with Crippen molar-refractivity contribution >= 4 is 21.7 Å². The van der Waals surface area contributed by atoms with E-state index in [4.69, 9.17) is 4.74 Å². The zero-order chi connectivity index (χ0) is 17.4. The second-order valence-electron chi connectivity index (χ2n) is 5.99. The van der Waals surface area contributed by atoms with E-state index < -0.39 is 0 Å². The van der Waals surface area contributed by atoms with Crippen LogP contribution in [0, 0.1) is 11.3 Å².